The molecule has 0 radical (unpaired) electrons. The lowest BCUT2D eigenvalue weighted by Gasteiger charge is -2.30. The van der Waals surface area contributed by atoms with E-state index in [-0.39, 0.29) is 22.6 Å². The summed E-state index contributed by atoms with van der Waals surface area (Å²) < 4.78 is 7.76. The highest BCUT2D eigenvalue weighted by Crippen LogP contribution is 2.36. The molecule has 0 atom stereocenters. The van der Waals surface area contributed by atoms with Crippen LogP contribution in [0.2, 0.25) is 0 Å². The van der Waals surface area contributed by atoms with Crippen molar-refractivity contribution in [3.05, 3.63) is 62.4 Å². The van der Waals surface area contributed by atoms with Gasteiger partial charge in [0, 0.05) is 20.6 Å². The number of hydrogen-bond donors (Lipinski definition) is 0. The molecule has 2 aromatic heterocycles. The Balaban J connectivity index is 1.86. The van der Waals surface area contributed by atoms with E-state index in [1.165, 1.54) is 24.7 Å². The van der Waals surface area contributed by atoms with Crippen molar-refractivity contribution >= 4 is 22.6 Å². The van der Waals surface area contributed by atoms with Crippen molar-refractivity contribution in [3.8, 4) is 5.75 Å². The number of rotatable bonds is 2. The average Bonchev–Trinajstić information content (AvgIpc) is 2.74. The fourth-order valence-electron chi connectivity index (χ4n) is 3.69. The first-order valence-electron chi connectivity index (χ1n) is 8.98. The van der Waals surface area contributed by atoms with E-state index in [2.05, 4.69) is 4.98 Å². The summed E-state index contributed by atoms with van der Waals surface area (Å²) in [5.41, 5.74) is 1.24. The third-order valence-electron chi connectivity index (χ3n) is 5.17. The van der Waals surface area contributed by atoms with E-state index in [1.807, 2.05) is 18.2 Å². The zero-order valence-electron chi connectivity index (χ0n) is 15.9. The van der Waals surface area contributed by atoms with Gasteiger partial charge in [-0.3, -0.25) is 18.7 Å². The van der Waals surface area contributed by atoms with E-state index >= 15 is 0 Å². The van der Waals surface area contributed by atoms with Crippen LogP contribution in [0.5, 0.6) is 5.75 Å². The summed E-state index contributed by atoms with van der Waals surface area (Å²) >= 11 is 0. The minimum absolute atomic E-state index is 0.175. The van der Waals surface area contributed by atoms with Crippen LogP contribution in [0, 0.1) is 0 Å². The normalized spacial score (nSPS) is 13.5. The fraction of sp³-hybridized carbons (Fsp3) is 0.300. The molecule has 0 saturated heterocycles. The summed E-state index contributed by atoms with van der Waals surface area (Å²) in [5, 5.41) is 0.290. The van der Waals surface area contributed by atoms with Gasteiger partial charge in [-0.05, 0) is 36.6 Å². The molecule has 0 saturated carbocycles. The Labute approximate surface area is 160 Å². The molecule has 0 N–H and O–H groups in total. The summed E-state index contributed by atoms with van der Waals surface area (Å²) in [7, 11) is 4.53. The topological polar surface area (TPSA) is 86.4 Å². The van der Waals surface area contributed by atoms with Crippen molar-refractivity contribution in [2.45, 2.75) is 12.8 Å². The SMILES string of the molecule is COc1cccc2c1N(C(=O)c1ccc3c(=O)n(C)c(=O)n(C)c3n1)CCC2. The second-order valence-electron chi connectivity index (χ2n) is 6.80. The van der Waals surface area contributed by atoms with Crippen LogP contribution >= 0.6 is 0 Å². The van der Waals surface area contributed by atoms with Crippen LogP contribution in [-0.4, -0.2) is 33.7 Å². The Hall–Kier alpha value is -3.42. The van der Waals surface area contributed by atoms with Crippen LogP contribution in [0.15, 0.2) is 39.9 Å². The number of hydrogen-bond acceptors (Lipinski definition) is 5. The van der Waals surface area contributed by atoms with Crippen LogP contribution in [0.4, 0.5) is 5.69 Å². The number of carbonyl (C=O) groups excluding carboxylic acids is 1. The molecule has 0 aliphatic carbocycles. The van der Waals surface area contributed by atoms with Crippen molar-refractivity contribution in [1.82, 2.24) is 14.1 Å². The van der Waals surface area contributed by atoms with Gasteiger partial charge in [0.05, 0.1) is 18.2 Å². The summed E-state index contributed by atoms with van der Waals surface area (Å²) in [6.45, 7) is 0.543. The standard InChI is InChI=1S/C20H20N4O4/c1-22-17-13(18(25)23(2)20(22)27)9-10-14(21-17)19(26)24-11-5-7-12-6-4-8-15(28-3)16(12)24/h4,6,8-10H,5,7,11H2,1-3H3. The molecule has 28 heavy (non-hydrogen) atoms. The number of anilines is 1. The summed E-state index contributed by atoms with van der Waals surface area (Å²) in [5.74, 6) is 0.341. The van der Waals surface area contributed by atoms with Crippen LogP contribution in [0.25, 0.3) is 11.0 Å². The van der Waals surface area contributed by atoms with Gasteiger partial charge in [0.2, 0.25) is 0 Å². The van der Waals surface area contributed by atoms with E-state index in [1.54, 1.807) is 18.1 Å². The van der Waals surface area contributed by atoms with Gasteiger partial charge < -0.3 is 9.64 Å². The molecular weight excluding hydrogens is 360 g/mol. The van der Waals surface area contributed by atoms with Gasteiger partial charge in [-0.15, -0.1) is 0 Å². The Bertz CT molecular complexity index is 1210. The molecule has 1 amide bonds. The van der Waals surface area contributed by atoms with E-state index in [9.17, 15) is 14.4 Å². The van der Waals surface area contributed by atoms with Gasteiger partial charge in [0.25, 0.3) is 11.5 Å². The predicted octanol–water partition coefficient (Wildman–Crippen LogP) is 1.23. The number of aryl methyl sites for hydroxylation is 2. The van der Waals surface area contributed by atoms with E-state index in [0.29, 0.717) is 12.3 Å². The maximum atomic E-state index is 13.3. The lowest BCUT2D eigenvalue weighted by Crippen LogP contribution is -2.38. The summed E-state index contributed by atoms with van der Waals surface area (Å²) in [6, 6.07) is 8.79. The minimum Gasteiger partial charge on any atom is -0.495 e. The molecule has 0 unspecified atom stereocenters. The van der Waals surface area contributed by atoms with E-state index in [4.69, 9.17) is 4.74 Å². The third-order valence-corrected chi connectivity index (χ3v) is 5.17. The zero-order valence-corrected chi connectivity index (χ0v) is 15.9. The van der Waals surface area contributed by atoms with Crippen LogP contribution < -0.4 is 20.9 Å². The zero-order chi connectivity index (χ0) is 20.0. The number of amides is 1. The number of para-hydroxylation sites is 1. The molecule has 0 fully saturated rings. The van der Waals surface area contributed by atoms with Crippen molar-refractivity contribution in [3.63, 3.8) is 0 Å². The minimum atomic E-state index is -0.486. The van der Waals surface area contributed by atoms with Crippen molar-refractivity contribution in [2.75, 3.05) is 18.6 Å². The number of ether oxygens (including phenoxy) is 1. The average molecular weight is 380 g/mol. The van der Waals surface area contributed by atoms with Gasteiger partial charge in [-0.1, -0.05) is 12.1 Å². The number of methoxy groups -OCH3 is 1. The molecule has 144 valence electrons. The number of fused-ring (bicyclic) bond motifs is 2. The third kappa shape index (κ3) is 2.60. The van der Waals surface area contributed by atoms with Gasteiger partial charge >= 0.3 is 5.69 Å². The first-order chi connectivity index (χ1) is 13.4. The van der Waals surface area contributed by atoms with Gasteiger partial charge in [0.1, 0.15) is 17.1 Å². The first kappa shape index (κ1) is 18.0. The summed E-state index contributed by atoms with van der Waals surface area (Å²) in [6.07, 6.45) is 1.70. The molecule has 1 aliphatic heterocycles. The smallest absolute Gasteiger partial charge is 0.332 e. The Kier molecular flexibility index (Phi) is 4.26. The van der Waals surface area contributed by atoms with E-state index in [0.717, 1.165) is 28.7 Å². The van der Waals surface area contributed by atoms with Crippen LogP contribution in [0.3, 0.4) is 0 Å². The first-order valence-corrected chi connectivity index (χ1v) is 8.98. The van der Waals surface area contributed by atoms with Gasteiger partial charge in [-0.2, -0.15) is 0 Å². The second kappa shape index (κ2) is 6.63. The number of aromatic nitrogens is 3. The largest absolute Gasteiger partial charge is 0.495 e. The highest BCUT2D eigenvalue weighted by atomic mass is 16.5. The van der Waals surface area contributed by atoms with Crippen molar-refractivity contribution in [1.29, 1.82) is 0 Å². The number of nitrogens with zero attached hydrogens (tertiary/aromatic N) is 4. The molecule has 0 bridgehead atoms. The molecule has 8 nitrogen and oxygen atoms in total. The van der Waals surface area contributed by atoms with Crippen LogP contribution in [0.1, 0.15) is 22.5 Å². The molecule has 3 heterocycles. The quantitative estimate of drug-likeness (QED) is 0.668. The highest BCUT2D eigenvalue weighted by molar-refractivity contribution is 6.07. The lowest BCUT2D eigenvalue weighted by atomic mass is 10.0. The molecule has 3 aromatic rings. The van der Waals surface area contributed by atoms with Crippen LogP contribution in [-0.2, 0) is 20.5 Å². The number of benzene rings is 1. The summed E-state index contributed by atoms with van der Waals surface area (Å²) in [4.78, 5) is 43.8. The maximum Gasteiger partial charge on any atom is 0.332 e. The van der Waals surface area contributed by atoms with Gasteiger partial charge in [-0.25, -0.2) is 9.78 Å². The Morgan fingerprint density at radius 2 is 1.89 bits per heavy atom. The maximum absolute atomic E-state index is 13.3. The lowest BCUT2D eigenvalue weighted by molar-refractivity contribution is 0.0980. The Morgan fingerprint density at radius 1 is 1.11 bits per heavy atom. The molecular formula is C20H20N4O4. The predicted molar refractivity (Wildman–Crippen MR) is 105 cm³/mol. The van der Waals surface area contributed by atoms with Crippen molar-refractivity contribution in [2.24, 2.45) is 14.1 Å². The molecule has 0 spiro atoms. The molecule has 1 aromatic carbocycles. The van der Waals surface area contributed by atoms with Crippen molar-refractivity contribution < 1.29 is 9.53 Å². The molecule has 8 heteroatoms. The molecule has 4 rings (SSSR count). The highest BCUT2D eigenvalue weighted by Gasteiger charge is 2.28. The second-order valence-corrected chi connectivity index (χ2v) is 6.80. The molecule has 1 aliphatic rings. The fourth-order valence-corrected chi connectivity index (χ4v) is 3.69. The Morgan fingerprint density at radius 3 is 2.64 bits per heavy atom. The van der Waals surface area contributed by atoms with E-state index < -0.39 is 11.2 Å². The number of carbonyl (C=O) groups is 1. The number of pyridine rings is 1. The van der Waals surface area contributed by atoms with Gasteiger partial charge in [0.15, 0.2) is 0 Å². The monoisotopic (exact) mass is 380 g/mol.